The molecule has 0 bridgehead atoms. The highest BCUT2D eigenvalue weighted by Gasteiger charge is 1.99. The van der Waals surface area contributed by atoms with E-state index in [1.807, 2.05) is 18.3 Å². The van der Waals surface area contributed by atoms with Crippen molar-refractivity contribution in [2.24, 2.45) is 0 Å². The van der Waals surface area contributed by atoms with Crippen molar-refractivity contribution in [3.05, 3.63) is 47.9 Å². The molecule has 1 aromatic heterocycles. The molecule has 0 amide bonds. The Balaban J connectivity index is 2.94. The van der Waals surface area contributed by atoms with E-state index >= 15 is 0 Å². The molecule has 0 fully saturated rings. The van der Waals surface area contributed by atoms with Gasteiger partial charge in [-0.3, -0.25) is 4.98 Å². The second-order valence-corrected chi connectivity index (χ2v) is 3.43. The van der Waals surface area contributed by atoms with Crippen LogP contribution in [-0.4, -0.2) is 4.98 Å². The van der Waals surface area contributed by atoms with Crippen LogP contribution in [0.4, 0.5) is 5.69 Å². The Morgan fingerprint density at radius 1 is 1.50 bits per heavy atom. The van der Waals surface area contributed by atoms with E-state index in [9.17, 15) is 0 Å². The lowest BCUT2D eigenvalue weighted by Crippen LogP contribution is -2.00. The van der Waals surface area contributed by atoms with Gasteiger partial charge in [-0.2, -0.15) is 0 Å². The Morgan fingerprint density at radius 2 is 2.21 bits per heavy atom. The van der Waals surface area contributed by atoms with Gasteiger partial charge in [-0.25, -0.2) is 0 Å². The van der Waals surface area contributed by atoms with Crippen LogP contribution in [0, 0.1) is 6.92 Å². The van der Waals surface area contributed by atoms with Crippen LogP contribution in [0.25, 0.3) is 0 Å². The van der Waals surface area contributed by atoms with Crippen molar-refractivity contribution >= 4 is 5.69 Å². The van der Waals surface area contributed by atoms with Gasteiger partial charge in [0.25, 0.3) is 0 Å². The molecule has 1 rings (SSSR count). The molecular weight excluding hydrogens is 172 g/mol. The molecule has 0 unspecified atom stereocenters. The molecule has 0 aliphatic rings. The Bertz CT molecular complexity index is 360. The van der Waals surface area contributed by atoms with Gasteiger partial charge in [0.05, 0.1) is 11.9 Å². The molecule has 0 saturated heterocycles. The van der Waals surface area contributed by atoms with Gasteiger partial charge in [0.1, 0.15) is 0 Å². The number of aryl methyl sites for hydroxylation is 1. The van der Waals surface area contributed by atoms with Crippen molar-refractivity contribution in [1.29, 1.82) is 0 Å². The molecular formula is C12H16N2. The summed E-state index contributed by atoms with van der Waals surface area (Å²) < 4.78 is 0. The predicted octanol–water partition coefficient (Wildman–Crippen LogP) is 3.28. The van der Waals surface area contributed by atoms with Crippen LogP contribution in [0.2, 0.25) is 0 Å². The normalized spacial score (nSPS) is 9.36. The maximum atomic E-state index is 4.07. The minimum absolute atomic E-state index is 1.03. The van der Waals surface area contributed by atoms with E-state index in [1.165, 1.54) is 11.1 Å². The Hall–Kier alpha value is -1.57. The number of pyridine rings is 1. The average molecular weight is 188 g/mol. The monoisotopic (exact) mass is 188 g/mol. The molecule has 1 aromatic rings. The average Bonchev–Trinajstić information content (AvgIpc) is 2.16. The van der Waals surface area contributed by atoms with E-state index in [0.29, 0.717) is 0 Å². The lowest BCUT2D eigenvalue weighted by Gasteiger charge is -2.10. The zero-order valence-corrected chi connectivity index (χ0v) is 8.96. The summed E-state index contributed by atoms with van der Waals surface area (Å²) in [5.74, 6) is 0. The molecule has 0 saturated carbocycles. The van der Waals surface area contributed by atoms with Gasteiger partial charge in [-0.15, -0.1) is 0 Å². The van der Waals surface area contributed by atoms with E-state index in [1.54, 1.807) is 6.20 Å². The number of rotatable bonds is 3. The lowest BCUT2D eigenvalue weighted by molar-refractivity contribution is 1.24. The van der Waals surface area contributed by atoms with E-state index in [0.717, 1.165) is 11.4 Å². The van der Waals surface area contributed by atoms with Crippen molar-refractivity contribution in [3.63, 3.8) is 0 Å². The van der Waals surface area contributed by atoms with Gasteiger partial charge >= 0.3 is 0 Å². The molecule has 2 nitrogen and oxygen atoms in total. The van der Waals surface area contributed by atoms with Crippen molar-refractivity contribution in [2.75, 3.05) is 5.32 Å². The zero-order chi connectivity index (χ0) is 10.6. The molecule has 1 N–H and O–H groups in total. The molecule has 1 heterocycles. The molecule has 0 atom stereocenters. The van der Waals surface area contributed by atoms with Crippen LogP contribution >= 0.6 is 0 Å². The van der Waals surface area contributed by atoms with Gasteiger partial charge in [-0.1, -0.05) is 12.2 Å². The highest BCUT2D eigenvalue weighted by Crippen LogP contribution is 2.16. The van der Waals surface area contributed by atoms with Crippen molar-refractivity contribution in [2.45, 2.75) is 20.8 Å². The molecule has 0 aliphatic carbocycles. The lowest BCUT2D eigenvalue weighted by atomic mass is 10.2. The third-order valence-electron chi connectivity index (χ3n) is 2.05. The van der Waals surface area contributed by atoms with Gasteiger partial charge < -0.3 is 5.32 Å². The summed E-state index contributed by atoms with van der Waals surface area (Å²) in [6, 6.07) is 1.98. The summed E-state index contributed by atoms with van der Waals surface area (Å²) in [6.07, 6.45) is 5.43. The first-order valence-electron chi connectivity index (χ1n) is 4.62. The fraction of sp³-hybridized carbons (Fsp3) is 0.250. The molecule has 0 spiro atoms. The highest BCUT2D eigenvalue weighted by molar-refractivity contribution is 5.54. The summed E-state index contributed by atoms with van der Waals surface area (Å²) in [7, 11) is 0. The maximum Gasteiger partial charge on any atom is 0.0600 e. The van der Waals surface area contributed by atoms with Crippen molar-refractivity contribution in [1.82, 2.24) is 4.98 Å². The number of hydrogen-bond donors (Lipinski definition) is 1. The van der Waals surface area contributed by atoms with Crippen molar-refractivity contribution < 1.29 is 0 Å². The number of anilines is 1. The summed E-state index contributed by atoms with van der Waals surface area (Å²) in [5.41, 5.74) is 4.47. The van der Waals surface area contributed by atoms with Gasteiger partial charge in [0.15, 0.2) is 0 Å². The van der Waals surface area contributed by atoms with Crippen LogP contribution in [-0.2, 0) is 0 Å². The second-order valence-electron chi connectivity index (χ2n) is 3.43. The largest absolute Gasteiger partial charge is 0.354 e. The first-order chi connectivity index (χ1) is 6.65. The van der Waals surface area contributed by atoms with E-state index < -0.39 is 0 Å². The Kier molecular flexibility index (Phi) is 3.46. The summed E-state index contributed by atoms with van der Waals surface area (Å²) in [5, 5.41) is 3.30. The van der Waals surface area contributed by atoms with Crippen LogP contribution in [0.5, 0.6) is 0 Å². The predicted molar refractivity (Wildman–Crippen MR) is 61.2 cm³/mol. The SMILES string of the molecule is C=CC(Nc1cnccc1C)=C(C)C. The molecule has 0 radical (unpaired) electrons. The van der Waals surface area contributed by atoms with E-state index in [4.69, 9.17) is 0 Å². The standard InChI is InChI=1S/C12H16N2/c1-5-11(9(2)3)14-12-8-13-7-6-10(12)4/h5-8,14H,1H2,2-4H3. The quantitative estimate of drug-likeness (QED) is 0.736. The molecule has 74 valence electrons. The summed E-state index contributed by atoms with van der Waals surface area (Å²) in [6.45, 7) is 9.92. The smallest absolute Gasteiger partial charge is 0.0600 e. The summed E-state index contributed by atoms with van der Waals surface area (Å²) >= 11 is 0. The fourth-order valence-corrected chi connectivity index (χ4v) is 1.12. The first kappa shape index (κ1) is 10.5. The Morgan fingerprint density at radius 3 is 2.71 bits per heavy atom. The fourth-order valence-electron chi connectivity index (χ4n) is 1.12. The molecule has 14 heavy (non-hydrogen) atoms. The zero-order valence-electron chi connectivity index (χ0n) is 8.96. The summed E-state index contributed by atoms with van der Waals surface area (Å²) in [4.78, 5) is 4.07. The minimum atomic E-state index is 1.03. The number of nitrogens with one attached hydrogen (secondary N) is 1. The Labute approximate surface area is 85.4 Å². The van der Waals surface area contributed by atoms with Crippen LogP contribution < -0.4 is 5.32 Å². The van der Waals surface area contributed by atoms with Crippen LogP contribution in [0.3, 0.4) is 0 Å². The number of allylic oxidation sites excluding steroid dienone is 2. The number of hydrogen-bond acceptors (Lipinski definition) is 2. The second kappa shape index (κ2) is 4.61. The highest BCUT2D eigenvalue weighted by atomic mass is 14.9. The third-order valence-corrected chi connectivity index (χ3v) is 2.05. The number of nitrogens with zero attached hydrogens (tertiary/aromatic N) is 1. The molecule has 0 aliphatic heterocycles. The van der Waals surface area contributed by atoms with E-state index in [2.05, 4.69) is 37.7 Å². The minimum Gasteiger partial charge on any atom is -0.354 e. The topological polar surface area (TPSA) is 24.9 Å². The van der Waals surface area contributed by atoms with E-state index in [-0.39, 0.29) is 0 Å². The van der Waals surface area contributed by atoms with Crippen LogP contribution in [0.15, 0.2) is 42.4 Å². The van der Waals surface area contributed by atoms with Gasteiger partial charge in [0, 0.05) is 11.9 Å². The first-order valence-corrected chi connectivity index (χ1v) is 4.62. The third kappa shape index (κ3) is 2.46. The van der Waals surface area contributed by atoms with Crippen LogP contribution in [0.1, 0.15) is 19.4 Å². The van der Waals surface area contributed by atoms with Gasteiger partial charge in [-0.05, 0) is 38.5 Å². The number of aromatic nitrogens is 1. The maximum absolute atomic E-state index is 4.07. The molecule has 2 heteroatoms. The molecule has 0 aromatic carbocycles. The van der Waals surface area contributed by atoms with Gasteiger partial charge in [0.2, 0.25) is 0 Å². The van der Waals surface area contributed by atoms with Crippen molar-refractivity contribution in [3.8, 4) is 0 Å².